The molecule has 0 aromatic rings. The van der Waals surface area contributed by atoms with E-state index in [0.29, 0.717) is 0 Å². The van der Waals surface area contributed by atoms with Crippen LogP contribution < -0.4 is 0 Å². The summed E-state index contributed by atoms with van der Waals surface area (Å²) in [5, 5.41) is 8.61. The number of unbranched alkanes of at least 4 members (excludes halogenated alkanes) is 8. The Balaban J connectivity index is 3.38. The van der Waals surface area contributed by atoms with Crippen LogP contribution in [0.2, 0.25) is 0 Å². The molecule has 0 aliphatic heterocycles. The Morgan fingerprint density at radius 3 is 1.83 bits per heavy atom. The van der Waals surface area contributed by atoms with E-state index in [1.165, 1.54) is 51.4 Å². The lowest BCUT2D eigenvalue weighted by Gasteiger charge is -2.38. The minimum Gasteiger partial charge on any atom is -0.482 e. The van der Waals surface area contributed by atoms with Crippen molar-refractivity contribution in [3.63, 3.8) is 0 Å². The lowest BCUT2D eigenvalue weighted by atomic mass is 9.84. The molecule has 1 unspecified atom stereocenters. The first-order valence-electron chi connectivity index (χ1n) is 7.58. The summed E-state index contributed by atoms with van der Waals surface area (Å²) in [6.45, 7) is 3.03. The van der Waals surface area contributed by atoms with Crippen molar-refractivity contribution in [3.8, 4) is 5.97 Å². The molecular formula is C14H30BFN2. The minimum absolute atomic E-state index is 0.257. The van der Waals surface area contributed by atoms with Gasteiger partial charge in [0.2, 0.25) is 0 Å². The van der Waals surface area contributed by atoms with Gasteiger partial charge in [-0.1, -0.05) is 51.9 Å². The Morgan fingerprint density at radius 1 is 0.944 bits per heavy atom. The van der Waals surface area contributed by atoms with Gasteiger partial charge in [0.25, 0.3) is 0 Å². The normalized spacial score (nSPS) is 13.3. The van der Waals surface area contributed by atoms with Gasteiger partial charge in [-0.2, -0.15) is 0 Å². The van der Waals surface area contributed by atoms with Crippen LogP contribution in [0.4, 0.5) is 4.32 Å². The molecule has 0 saturated carbocycles. The summed E-state index contributed by atoms with van der Waals surface area (Å²) in [7, 11) is 1.46. The van der Waals surface area contributed by atoms with Crippen LogP contribution in [-0.4, -0.2) is 32.2 Å². The SMILES string of the molecule is CCCCCCCCCCC[N+](C)(C)[BH-](F)C#N. The first-order valence-corrected chi connectivity index (χ1v) is 7.58. The molecule has 0 spiro atoms. The monoisotopic (exact) mass is 256 g/mol. The van der Waals surface area contributed by atoms with Crippen molar-refractivity contribution in [2.75, 3.05) is 20.6 Å². The zero-order chi connectivity index (χ0) is 13.9. The maximum Gasteiger partial charge on any atom is 0.451 e. The summed E-state index contributed by atoms with van der Waals surface area (Å²) in [5.74, 6) is 1.77. The second kappa shape index (κ2) is 10.4. The molecule has 0 aliphatic carbocycles. The van der Waals surface area contributed by atoms with Crippen molar-refractivity contribution in [1.29, 1.82) is 5.26 Å². The van der Waals surface area contributed by atoms with Gasteiger partial charge in [-0.25, -0.2) is 5.26 Å². The lowest BCUT2D eigenvalue weighted by molar-refractivity contribution is -0.788. The van der Waals surface area contributed by atoms with E-state index < -0.39 is 7.12 Å². The summed E-state index contributed by atoms with van der Waals surface area (Å²) in [4.78, 5) is 0. The van der Waals surface area contributed by atoms with Crippen LogP contribution in [0.5, 0.6) is 0 Å². The molecule has 2 nitrogen and oxygen atoms in total. The molecule has 0 radical (unpaired) electrons. The van der Waals surface area contributed by atoms with Crippen LogP contribution >= 0.6 is 0 Å². The summed E-state index contributed by atoms with van der Waals surface area (Å²) in [6.07, 6.45) is 11.5. The molecule has 0 aliphatic rings. The van der Waals surface area contributed by atoms with Gasteiger partial charge in [-0.05, 0) is 18.8 Å². The van der Waals surface area contributed by atoms with Crippen molar-refractivity contribution in [3.05, 3.63) is 0 Å². The fourth-order valence-electron chi connectivity index (χ4n) is 2.18. The molecule has 1 atom stereocenters. The number of rotatable bonds is 11. The lowest BCUT2D eigenvalue weighted by Crippen LogP contribution is -2.50. The van der Waals surface area contributed by atoms with E-state index in [2.05, 4.69) is 6.92 Å². The van der Waals surface area contributed by atoms with E-state index in [4.69, 9.17) is 5.26 Å². The highest BCUT2D eigenvalue weighted by Crippen LogP contribution is 2.12. The summed E-state index contributed by atoms with van der Waals surface area (Å²) in [5.41, 5.74) is 0. The van der Waals surface area contributed by atoms with Crippen LogP contribution in [0.3, 0.4) is 0 Å². The van der Waals surface area contributed by atoms with E-state index in [1.807, 2.05) is 14.1 Å². The fraction of sp³-hybridized carbons (Fsp3) is 0.929. The average Bonchev–Trinajstić information content (AvgIpc) is 2.35. The summed E-state index contributed by atoms with van der Waals surface area (Å²) >= 11 is 0. The first-order chi connectivity index (χ1) is 8.54. The zero-order valence-electron chi connectivity index (χ0n) is 12.6. The molecule has 4 heteroatoms. The molecular weight excluding hydrogens is 226 g/mol. The zero-order valence-corrected chi connectivity index (χ0v) is 12.6. The van der Waals surface area contributed by atoms with E-state index in [0.717, 1.165) is 13.0 Å². The third kappa shape index (κ3) is 8.52. The number of nitrogens with zero attached hydrogens (tertiary/aromatic N) is 2. The standard InChI is InChI=1S/C14H30BFN2/c1-4-5-6-7-8-9-10-11-12-13-18(2,3)15(16)14-17/h15H,4-13H2,1-3H3. The van der Waals surface area contributed by atoms with Crippen molar-refractivity contribution in [2.45, 2.75) is 64.7 Å². The van der Waals surface area contributed by atoms with Gasteiger partial charge in [0.1, 0.15) is 0 Å². The first kappa shape index (κ1) is 17.4. The highest BCUT2D eigenvalue weighted by molar-refractivity contribution is 6.51. The molecule has 0 rings (SSSR count). The molecule has 0 aromatic heterocycles. The molecule has 0 bridgehead atoms. The predicted octanol–water partition coefficient (Wildman–Crippen LogP) is 3.85. The quantitative estimate of drug-likeness (QED) is 0.407. The molecule has 0 aromatic carbocycles. The number of halogens is 1. The van der Waals surface area contributed by atoms with E-state index >= 15 is 0 Å². The Kier molecular flexibility index (Phi) is 10.1. The van der Waals surface area contributed by atoms with Gasteiger partial charge in [-0.3, -0.25) is 0 Å². The maximum atomic E-state index is 13.4. The van der Waals surface area contributed by atoms with E-state index in [9.17, 15) is 4.32 Å². The molecule has 0 amide bonds. The molecule has 0 fully saturated rings. The van der Waals surface area contributed by atoms with Crippen LogP contribution in [0, 0.1) is 11.2 Å². The van der Waals surface area contributed by atoms with Crippen LogP contribution in [-0.2, 0) is 0 Å². The third-order valence-corrected chi connectivity index (χ3v) is 3.75. The number of hydrogen-bond donors (Lipinski definition) is 0. The van der Waals surface area contributed by atoms with Crippen LogP contribution in [0.1, 0.15) is 64.7 Å². The Morgan fingerprint density at radius 2 is 1.39 bits per heavy atom. The van der Waals surface area contributed by atoms with Gasteiger partial charge < -0.3 is 8.71 Å². The molecule has 0 N–H and O–H groups in total. The summed E-state index contributed by atoms with van der Waals surface area (Å²) < 4.78 is 13.6. The van der Waals surface area contributed by atoms with E-state index in [1.54, 1.807) is 5.97 Å². The average molecular weight is 256 g/mol. The van der Waals surface area contributed by atoms with Gasteiger partial charge in [0.15, 0.2) is 0 Å². The van der Waals surface area contributed by atoms with Crippen molar-refractivity contribution in [2.24, 2.45) is 0 Å². The maximum absolute atomic E-state index is 13.4. The highest BCUT2D eigenvalue weighted by atomic mass is 19.1. The Labute approximate surface area is 113 Å². The predicted molar refractivity (Wildman–Crippen MR) is 78.1 cm³/mol. The van der Waals surface area contributed by atoms with Crippen LogP contribution in [0.15, 0.2) is 0 Å². The van der Waals surface area contributed by atoms with Gasteiger partial charge >= 0.3 is 7.12 Å². The van der Waals surface area contributed by atoms with Gasteiger partial charge in [0.05, 0.1) is 0 Å². The molecule has 0 heterocycles. The summed E-state index contributed by atoms with van der Waals surface area (Å²) in [6, 6.07) is 0. The van der Waals surface area contributed by atoms with Crippen molar-refractivity contribution >= 4 is 7.12 Å². The third-order valence-electron chi connectivity index (χ3n) is 3.75. The number of nitriles is 1. The minimum atomic E-state index is -2.19. The van der Waals surface area contributed by atoms with E-state index in [-0.39, 0.29) is 4.39 Å². The highest BCUT2D eigenvalue weighted by Gasteiger charge is 2.21. The molecule has 18 heavy (non-hydrogen) atoms. The Bertz CT molecular complexity index is 238. The number of quaternary nitrogens is 1. The van der Waals surface area contributed by atoms with Gasteiger partial charge in [-0.15, -0.1) is 0 Å². The number of hydrogen-bond acceptors (Lipinski definition) is 1. The van der Waals surface area contributed by atoms with Crippen molar-refractivity contribution in [1.82, 2.24) is 0 Å². The topological polar surface area (TPSA) is 23.8 Å². The smallest absolute Gasteiger partial charge is 0.451 e. The Hall–Kier alpha value is -0.555. The van der Waals surface area contributed by atoms with Crippen LogP contribution in [0.25, 0.3) is 0 Å². The molecule has 0 saturated heterocycles. The van der Waals surface area contributed by atoms with Gasteiger partial charge in [0, 0.05) is 20.6 Å². The second-order valence-corrected chi connectivity index (χ2v) is 6.06. The van der Waals surface area contributed by atoms with Crippen molar-refractivity contribution < 1.29 is 8.71 Å². The largest absolute Gasteiger partial charge is 0.482 e. The molecule has 106 valence electrons. The second-order valence-electron chi connectivity index (χ2n) is 6.06. The fourth-order valence-corrected chi connectivity index (χ4v) is 2.18.